The maximum Gasteiger partial charge on any atom is 0.390 e. The Labute approximate surface area is 115 Å². The quantitative estimate of drug-likeness (QED) is 0.814. The van der Waals surface area contributed by atoms with Crippen LogP contribution in [-0.4, -0.2) is 39.5 Å². The van der Waals surface area contributed by atoms with Crippen LogP contribution >= 0.6 is 0 Å². The number of rotatable bonds is 5. The predicted octanol–water partition coefficient (Wildman–Crippen LogP) is 1.88. The van der Waals surface area contributed by atoms with Crippen LogP contribution in [0.2, 0.25) is 0 Å². The van der Waals surface area contributed by atoms with Crippen LogP contribution in [0.3, 0.4) is 0 Å². The summed E-state index contributed by atoms with van der Waals surface area (Å²) in [5.41, 5.74) is 5.78. The van der Waals surface area contributed by atoms with Crippen molar-refractivity contribution in [2.45, 2.75) is 17.5 Å². The molecule has 0 aliphatic rings. The molecule has 0 radical (unpaired) electrons. The second-order valence-electron chi connectivity index (χ2n) is 4.30. The van der Waals surface area contributed by atoms with E-state index in [-0.39, 0.29) is 22.8 Å². The van der Waals surface area contributed by atoms with Gasteiger partial charge in [0.15, 0.2) is 0 Å². The van der Waals surface area contributed by atoms with Gasteiger partial charge < -0.3 is 11.1 Å². The summed E-state index contributed by atoms with van der Waals surface area (Å²) >= 11 is 0. The molecule has 20 heavy (non-hydrogen) atoms. The third kappa shape index (κ3) is 4.01. The maximum absolute atomic E-state index is 12.1. The highest BCUT2D eigenvalue weighted by atomic mass is 32.2. The van der Waals surface area contributed by atoms with Gasteiger partial charge in [-0.25, -0.2) is 12.7 Å². The standard InChI is InChI=1S/C11H16F3N3O2S/c1-17(2)20(18,19)9-5-3-4-8(10(9)15)16-7-6-11(12,13)14/h3-5,16H,6-7,15H2,1-2H3. The van der Waals surface area contributed by atoms with Gasteiger partial charge >= 0.3 is 6.18 Å². The van der Waals surface area contributed by atoms with Crippen LogP contribution in [-0.2, 0) is 10.0 Å². The Balaban J connectivity index is 2.97. The van der Waals surface area contributed by atoms with Crippen molar-refractivity contribution in [2.24, 2.45) is 0 Å². The third-order valence-corrected chi connectivity index (χ3v) is 4.42. The van der Waals surface area contributed by atoms with E-state index in [0.717, 1.165) is 4.31 Å². The van der Waals surface area contributed by atoms with Crippen LogP contribution in [0.25, 0.3) is 0 Å². The Kier molecular flexibility index (Phi) is 4.87. The first-order valence-corrected chi connectivity index (χ1v) is 7.11. The molecule has 0 heterocycles. The highest BCUT2D eigenvalue weighted by Crippen LogP contribution is 2.28. The molecule has 1 rings (SSSR count). The van der Waals surface area contributed by atoms with Gasteiger partial charge in [-0.3, -0.25) is 0 Å². The van der Waals surface area contributed by atoms with E-state index in [0.29, 0.717) is 0 Å². The fourth-order valence-corrected chi connectivity index (χ4v) is 2.49. The average Bonchev–Trinajstić information content (AvgIpc) is 2.29. The summed E-state index contributed by atoms with van der Waals surface area (Å²) in [7, 11) is -1.05. The fourth-order valence-electron chi connectivity index (χ4n) is 1.46. The van der Waals surface area contributed by atoms with Gasteiger partial charge in [-0.05, 0) is 12.1 Å². The molecule has 3 N–H and O–H groups in total. The number of nitrogen functional groups attached to an aromatic ring is 1. The number of hydrogen-bond acceptors (Lipinski definition) is 4. The van der Waals surface area contributed by atoms with Crippen molar-refractivity contribution in [2.75, 3.05) is 31.7 Å². The van der Waals surface area contributed by atoms with Crippen LogP contribution in [0.5, 0.6) is 0 Å². The molecule has 0 aromatic heterocycles. The minimum Gasteiger partial charge on any atom is -0.396 e. The Morgan fingerprint density at radius 2 is 1.90 bits per heavy atom. The van der Waals surface area contributed by atoms with Gasteiger partial charge in [0, 0.05) is 20.6 Å². The molecule has 0 fully saturated rings. The van der Waals surface area contributed by atoms with Crippen LogP contribution in [0.4, 0.5) is 24.5 Å². The number of benzene rings is 1. The zero-order valence-electron chi connectivity index (χ0n) is 11.0. The van der Waals surface area contributed by atoms with Crippen LogP contribution in [0, 0.1) is 0 Å². The molecular formula is C11H16F3N3O2S. The number of nitrogens with zero attached hydrogens (tertiary/aromatic N) is 1. The van der Waals surface area contributed by atoms with Crippen LogP contribution < -0.4 is 11.1 Å². The summed E-state index contributed by atoms with van der Waals surface area (Å²) in [6, 6.07) is 4.16. The Morgan fingerprint density at radius 3 is 2.40 bits per heavy atom. The van der Waals surface area contributed by atoms with Crippen molar-refractivity contribution in [3.8, 4) is 0 Å². The molecule has 0 spiro atoms. The Morgan fingerprint density at radius 1 is 1.30 bits per heavy atom. The highest BCUT2D eigenvalue weighted by molar-refractivity contribution is 7.89. The van der Waals surface area contributed by atoms with Gasteiger partial charge in [-0.1, -0.05) is 6.07 Å². The van der Waals surface area contributed by atoms with Crippen LogP contribution in [0.1, 0.15) is 6.42 Å². The lowest BCUT2D eigenvalue weighted by Crippen LogP contribution is -2.23. The van der Waals surface area contributed by atoms with E-state index in [1.165, 1.54) is 32.3 Å². The lowest BCUT2D eigenvalue weighted by atomic mass is 10.2. The molecule has 5 nitrogen and oxygen atoms in total. The first-order chi connectivity index (χ1) is 9.05. The second kappa shape index (κ2) is 5.88. The fraction of sp³-hybridized carbons (Fsp3) is 0.455. The number of alkyl halides is 3. The minimum absolute atomic E-state index is 0.0941. The molecule has 1 aromatic carbocycles. The summed E-state index contributed by atoms with van der Waals surface area (Å²) in [6.45, 7) is -0.376. The number of anilines is 2. The minimum atomic E-state index is -4.28. The molecule has 0 saturated carbocycles. The van der Waals surface area contributed by atoms with Crippen molar-refractivity contribution in [1.82, 2.24) is 4.31 Å². The van der Waals surface area contributed by atoms with Gasteiger partial charge in [-0.15, -0.1) is 0 Å². The number of hydrogen-bond donors (Lipinski definition) is 2. The van der Waals surface area contributed by atoms with E-state index >= 15 is 0 Å². The van der Waals surface area contributed by atoms with Gasteiger partial charge in [0.2, 0.25) is 10.0 Å². The molecule has 0 aliphatic carbocycles. The zero-order valence-corrected chi connectivity index (χ0v) is 11.8. The predicted molar refractivity (Wildman–Crippen MR) is 70.9 cm³/mol. The van der Waals surface area contributed by atoms with Gasteiger partial charge in [-0.2, -0.15) is 13.2 Å². The molecule has 9 heteroatoms. The lowest BCUT2D eigenvalue weighted by Gasteiger charge is -2.16. The van der Waals surface area contributed by atoms with E-state index < -0.39 is 22.6 Å². The van der Waals surface area contributed by atoms with E-state index in [2.05, 4.69) is 5.32 Å². The zero-order chi connectivity index (χ0) is 15.6. The largest absolute Gasteiger partial charge is 0.396 e. The maximum atomic E-state index is 12.1. The second-order valence-corrected chi connectivity index (χ2v) is 6.42. The number of halogens is 3. The normalized spacial score (nSPS) is 12.7. The molecule has 0 atom stereocenters. The van der Waals surface area contributed by atoms with E-state index in [4.69, 9.17) is 5.73 Å². The smallest absolute Gasteiger partial charge is 0.390 e. The van der Waals surface area contributed by atoms with Crippen LogP contribution in [0.15, 0.2) is 23.1 Å². The first-order valence-electron chi connectivity index (χ1n) is 5.67. The number of sulfonamides is 1. The Bertz CT molecular complexity index is 571. The molecule has 1 aromatic rings. The average molecular weight is 311 g/mol. The molecule has 0 saturated heterocycles. The van der Waals surface area contributed by atoms with Crippen molar-refractivity contribution in [3.05, 3.63) is 18.2 Å². The summed E-state index contributed by atoms with van der Waals surface area (Å²) < 4.78 is 61.1. The topological polar surface area (TPSA) is 75.4 Å². The SMILES string of the molecule is CN(C)S(=O)(=O)c1cccc(NCCC(F)(F)F)c1N. The molecule has 114 valence electrons. The monoisotopic (exact) mass is 311 g/mol. The summed E-state index contributed by atoms with van der Waals surface area (Å²) in [5.74, 6) is 0. The summed E-state index contributed by atoms with van der Waals surface area (Å²) in [6.07, 6.45) is -5.31. The van der Waals surface area contributed by atoms with Crippen molar-refractivity contribution in [3.63, 3.8) is 0 Å². The molecule has 0 amide bonds. The lowest BCUT2D eigenvalue weighted by molar-refractivity contribution is -0.131. The number of nitrogens with one attached hydrogen (secondary N) is 1. The first kappa shape index (κ1) is 16.6. The summed E-state index contributed by atoms with van der Waals surface area (Å²) in [5, 5.41) is 2.49. The van der Waals surface area contributed by atoms with E-state index in [1.807, 2.05) is 0 Å². The molecular weight excluding hydrogens is 295 g/mol. The number of nitrogens with two attached hydrogens (primary N) is 1. The highest BCUT2D eigenvalue weighted by Gasteiger charge is 2.26. The van der Waals surface area contributed by atoms with Crippen molar-refractivity contribution in [1.29, 1.82) is 0 Å². The van der Waals surface area contributed by atoms with E-state index in [1.54, 1.807) is 0 Å². The van der Waals surface area contributed by atoms with Gasteiger partial charge in [0.1, 0.15) is 4.90 Å². The third-order valence-electron chi connectivity index (χ3n) is 2.55. The summed E-state index contributed by atoms with van der Waals surface area (Å²) in [4.78, 5) is -0.139. The van der Waals surface area contributed by atoms with E-state index in [9.17, 15) is 21.6 Å². The van der Waals surface area contributed by atoms with Crippen molar-refractivity contribution >= 4 is 21.4 Å². The molecule has 0 bridgehead atoms. The van der Waals surface area contributed by atoms with Crippen molar-refractivity contribution < 1.29 is 21.6 Å². The molecule has 0 unspecified atom stereocenters. The molecule has 0 aliphatic heterocycles. The van der Waals surface area contributed by atoms with Gasteiger partial charge in [0.25, 0.3) is 0 Å². The Hall–Kier alpha value is -1.48. The van der Waals surface area contributed by atoms with Gasteiger partial charge in [0.05, 0.1) is 17.8 Å². The number of para-hydroxylation sites is 1.